The second kappa shape index (κ2) is 7.97. The van der Waals surface area contributed by atoms with Gasteiger partial charge in [-0.25, -0.2) is 0 Å². The summed E-state index contributed by atoms with van der Waals surface area (Å²) < 4.78 is 0. The van der Waals surface area contributed by atoms with Crippen molar-refractivity contribution in [3.8, 4) is 0 Å². The van der Waals surface area contributed by atoms with Crippen LogP contribution in [-0.4, -0.2) is 29.7 Å². The lowest BCUT2D eigenvalue weighted by atomic mass is 9.80. The fourth-order valence-electron chi connectivity index (χ4n) is 2.55. The van der Waals surface area contributed by atoms with Gasteiger partial charge in [0.1, 0.15) is 0 Å². The van der Waals surface area contributed by atoms with Crippen molar-refractivity contribution in [3.63, 3.8) is 0 Å². The number of hydrogen-bond acceptors (Lipinski definition) is 3. The molecule has 0 aromatic rings. The molecule has 4 N–H and O–H groups in total. The van der Waals surface area contributed by atoms with Crippen LogP contribution in [0.2, 0.25) is 0 Å². The highest BCUT2D eigenvalue weighted by Gasteiger charge is 2.36. The molecule has 0 heterocycles. The van der Waals surface area contributed by atoms with Crippen LogP contribution >= 0.6 is 12.4 Å². The fraction of sp³-hybridized carbons (Fsp3) is 0.923. The average Bonchev–Trinajstić information content (AvgIpc) is 2.35. The normalized spacial score (nSPS) is 24.2. The topological polar surface area (TPSA) is 75.4 Å². The molecule has 0 aromatic heterocycles. The van der Waals surface area contributed by atoms with Crippen LogP contribution in [0.3, 0.4) is 0 Å². The Balaban J connectivity index is 0.00000289. The molecule has 1 aliphatic carbocycles. The van der Waals surface area contributed by atoms with Gasteiger partial charge in [0.15, 0.2) is 0 Å². The highest BCUT2D eigenvalue weighted by Crippen LogP contribution is 2.26. The fourth-order valence-corrected chi connectivity index (χ4v) is 2.55. The highest BCUT2D eigenvalue weighted by molar-refractivity contribution is 5.85. The van der Waals surface area contributed by atoms with Crippen LogP contribution in [0.1, 0.15) is 52.4 Å². The molecular formula is C13H27ClN2O2. The van der Waals surface area contributed by atoms with Crippen molar-refractivity contribution in [3.05, 3.63) is 0 Å². The van der Waals surface area contributed by atoms with Crippen molar-refractivity contribution >= 4 is 18.3 Å². The number of aliphatic hydroxyl groups excluding tert-OH is 1. The first-order valence-corrected chi connectivity index (χ1v) is 6.78. The molecule has 1 amide bonds. The Kier molecular flexibility index (Phi) is 7.83. The minimum absolute atomic E-state index is 0. The molecule has 1 aliphatic rings. The maximum Gasteiger partial charge on any atom is 0.227 e. The molecule has 18 heavy (non-hydrogen) atoms. The van der Waals surface area contributed by atoms with Crippen molar-refractivity contribution < 1.29 is 9.90 Å². The molecular weight excluding hydrogens is 252 g/mol. The van der Waals surface area contributed by atoms with Gasteiger partial charge >= 0.3 is 0 Å². The number of rotatable bonds is 5. The average molecular weight is 279 g/mol. The van der Waals surface area contributed by atoms with E-state index >= 15 is 0 Å². The quantitative estimate of drug-likeness (QED) is 0.715. The maximum absolute atomic E-state index is 12.3. The molecule has 1 fully saturated rings. The van der Waals surface area contributed by atoms with Crippen LogP contribution < -0.4 is 11.1 Å². The number of nitrogens with one attached hydrogen (secondary N) is 1. The highest BCUT2D eigenvalue weighted by atomic mass is 35.5. The standard InChI is InChI=1S/C13H26N2O2.ClH/c1-3-13(4-2,9-14)12(17)15-10-7-5-6-8-11(10)16;/h10-11,16H,3-9,14H2,1-2H3,(H,15,17);1H/t10-,11-;/m0./s1. The second-order valence-corrected chi connectivity index (χ2v) is 5.12. The largest absolute Gasteiger partial charge is 0.391 e. The number of halogens is 1. The van der Waals surface area contributed by atoms with Crippen LogP contribution in [0.5, 0.6) is 0 Å². The zero-order chi connectivity index (χ0) is 12.9. The summed E-state index contributed by atoms with van der Waals surface area (Å²) in [6.45, 7) is 4.36. The summed E-state index contributed by atoms with van der Waals surface area (Å²) in [5.41, 5.74) is 5.29. The van der Waals surface area contributed by atoms with Gasteiger partial charge in [-0.2, -0.15) is 0 Å². The molecule has 0 radical (unpaired) electrons. The summed E-state index contributed by atoms with van der Waals surface area (Å²) in [6.07, 6.45) is 4.90. The van der Waals surface area contributed by atoms with Crippen molar-refractivity contribution in [2.45, 2.75) is 64.5 Å². The predicted molar refractivity (Wildman–Crippen MR) is 75.7 cm³/mol. The molecule has 0 bridgehead atoms. The third kappa shape index (κ3) is 3.84. The van der Waals surface area contributed by atoms with Crippen LogP contribution in [0, 0.1) is 5.41 Å². The van der Waals surface area contributed by atoms with E-state index in [0.29, 0.717) is 6.54 Å². The molecule has 1 rings (SSSR count). The molecule has 2 atom stereocenters. The molecule has 1 saturated carbocycles. The van der Waals surface area contributed by atoms with Gasteiger partial charge in [0.25, 0.3) is 0 Å². The summed E-state index contributed by atoms with van der Waals surface area (Å²) >= 11 is 0. The Bertz CT molecular complexity index is 249. The number of carbonyl (C=O) groups is 1. The smallest absolute Gasteiger partial charge is 0.227 e. The van der Waals surface area contributed by atoms with Crippen LogP contribution in [-0.2, 0) is 4.79 Å². The lowest BCUT2D eigenvalue weighted by molar-refractivity contribution is -0.133. The number of hydrogen-bond donors (Lipinski definition) is 3. The zero-order valence-electron chi connectivity index (χ0n) is 11.4. The van der Waals surface area contributed by atoms with E-state index in [9.17, 15) is 9.90 Å². The third-order valence-corrected chi connectivity index (χ3v) is 4.27. The van der Waals surface area contributed by atoms with Gasteiger partial charge < -0.3 is 16.2 Å². The molecule has 0 aromatic carbocycles. The molecule has 0 aliphatic heterocycles. The Labute approximate surface area is 116 Å². The van der Waals surface area contributed by atoms with Crippen LogP contribution in [0.25, 0.3) is 0 Å². The molecule has 0 saturated heterocycles. The molecule has 4 nitrogen and oxygen atoms in total. The lowest BCUT2D eigenvalue weighted by Gasteiger charge is -2.34. The molecule has 0 spiro atoms. The van der Waals surface area contributed by atoms with Gasteiger partial charge in [-0.05, 0) is 25.7 Å². The van der Waals surface area contributed by atoms with Gasteiger partial charge in [0.05, 0.1) is 17.6 Å². The first-order valence-electron chi connectivity index (χ1n) is 6.78. The summed E-state index contributed by atoms with van der Waals surface area (Å²) in [5.74, 6) is 0.0101. The Morgan fingerprint density at radius 3 is 2.33 bits per heavy atom. The van der Waals surface area contributed by atoms with Gasteiger partial charge in [-0.1, -0.05) is 26.7 Å². The number of carbonyl (C=O) groups excluding carboxylic acids is 1. The van der Waals surface area contributed by atoms with Gasteiger partial charge in [-0.3, -0.25) is 4.79 Å². The van der Waals surface area contributed by atoms with E-state index < -0.39 is 11.5 Å². The molecule has 0 unspecified atom stereocenters. The SMILES string of the molecule is CCC(CC)(CN)C(=O)N[C@H]1CCCC[C@@H]1O.Cl. The first kappa shape index (κ1) is 17.7. The minimum Gasteiger partial charge on any atom is -0.391 e. The number of aliphatic hydroxyl groups is 1. The monoisotopic (exact) mass is 278 g/mol. The van der Waals surface area contributed by atoms with Crippen molar-refractivity contribution in [2.24, 2.45) is 11.1 Å². The molecule has 5 heteroatoms. The lowest BCUT2D eigenvalue weighted by Crippen LogP contribution is -2.52. The van der Waals surface area contributed by atoms with E-state index in [0.717, 1.165) is 38.5 Å². The van der Waals surface area contributed by atoms with E-state index in [2.05, 4.69) is 5.32 Å². The Hall–Kier alpha value is -0.320. The summed E-state index contributed by atoms with van der Waals surface area (Å²) in [5, 5.41) is 12.8. The van der Waals surface area contributed by atoms with E-state index in [1.54, 1.807) is 0 Å². The van der Waals surface area contributed by atoms with Crippen LogP contribution in [0.15, 0.2) is 0 Å². The van der Waals surface area contributed by atoms with Crippen molar-refractivity contribution in [2.75, 3.05) is 6.54 Å². The van der Waals surface area contributed by atoms with Gasteiger partial charge in [0, 0.05) is 6.54 Å². The number of nitrogens with two attached hydrogens (primary N) is 1. The van der Waals surface area contributed by atoms with Gasteiger partial charge in [0.2, 0.25) is 5.91 Å². The van der Waals surface area contributed by atoms with Crippen LogP contribution in [0.4, 0.5) is 0 Å². The van der Waals surface area contributed by atoms with E-state index in [1.807, 2.05) is 13.8 Å². The van der Waals surface area contributed by atoms with E-state index in [1.165, 1.54) is 0 Å². The Morgan fingerprint density at radius 2 is 1.89 bits per heavy atom. The third-order valence-electron chi connectivity index (χ3n) is 4.27. The summed E-state index contributed by atoms with van der Waals surface area (Å²) in [6, 6.07) is -0.0831. The predicted octanol–water partition coefficient (Wildman–Crippen LogP) is 1.59. The molecule has 108 valence electrons. The number of amides is 1. The zero-order valence-corrected chi connectivity index (χ0v) is 12.3. The maximum atomic E-state index is 12.3. The summed E-state index contributed by atoms with van der Waals surface area (Å²) in [4.78, 5) is 12.3. The van der Waals surface area contributed by atoms with Gasteiger partial charge in [-0.15, -0.1) is 12.4 Å². The summed E-state index contributed by atoms with van der Waals surface area (Å²) in [7, 11) is 0. The Morgan fingerprint density at radius 1 is 1.33 bits per heavy atom. The van der Waals surface area contributed by atoms with Crippen molar-refractivity contribution in [1.82, 2.24) is 5.32 Å². The van der Waals surface area contributed by atoms with E-state index in [-0.39, 0.29) is 24.4 Å². The van der Waals surface area contributed by atoms with Crippen molar-refractivity contribution in [1.29, 1.82) is 0 Å². The minimum atomic E-state index is -0.461. The second-order valence-electron chi connectivity index (χ2n) is 5.12. The first-order chi connectivity index (χ1) is 8.09. The van der Waals surface area contributed by atoms with E-state index in [4.69, 9.17) is 5.73 Å².